The van der Waals surface area contributed by atoms with E-state index in [1.54, 1.807) is 11.1 Å². The van der Waals surface area contributed by atoms with Crippen LogP contribution in [-0.2, 0) is 20.8 Å². The van der Waals surface area contributed by atoms with Gasteiger partial charge in [0.15, 0.2) is 0 Å². The molecule has 0 aromatic heterocycles. The number of hydrogen-bond acceptors (Lipinski definition) is 4. The van der Waals surface area contributed by atoms with Gasteiger partial charge in [-0.15, -0.1) is 0 Å². The minimum absolute atomic E-state index is 0.0216. The Bertz CT molecular complexity index is 826. The van der Waals surface area contributed by atoms with Crippen LogP contribution in [0.4, 0.5) is 0 Å². The van der Waals surface area contributed by atoms with E-state index in [4.69, 9.17) is 0 Å². The Morgan fingerprint density at radius 2 is 1.96 bits per heavy atom. The maximum Gasteiger partial charge on any atom is 0.287 e. The van der Waals surface area contributed by atoms with E-state index in [1.165, 1.54) is 0 Å². The van der Waals surface area contributed by atoms with Crippen LogP contribution < -0.4 is 5.32 Å². The monoisotopic (exact) mass is 365 g/mol. The molecule has 0 spiro atoms. The quantitative estimate of drug-likeness (QED) is 0.776. The lowest BCUT2D eigenvalue weighted by Crippen LogP contribution is -2.39. The molecule has 1 aliphatic carbocycles. The minimum atomic E-state index is -0.637. The van der Waals surface area contributed by atoms with Crippen LogP contribution in [0, 0.1) is 11.8 Å². The van der Waals surface area contributed by atoms with Gasteiger partial charge in [-0.3, -0.25) is 19.4 Å². The number of amides is 2. The molecule has 2 heterocycles. The molecule has 2 fully saturated rings. The molecule has 0 bridgehead atoms. The molecule has 27 heavy (non-hydrogen) atoms. The molecule has 2 aliphatic heterocycles. The highest BCUT2D eigenvalue weighted by Gasteiger charge is 2.47. The van der Waals surface area contributed by atoms with Crippen molar-refractivity contribution in [1.29, 1.82) is 0 Å². The van der Waals surface area contributed by atoms with Crippen LogP contribution in [0.3, 0.4) is 0 Å². The van der Waals surface area contributed by atoms with E-state index in [-0.39, 0.29) is 24.5 Å². The summed E-state index contributed by atoms with van der Waals surface area (Å²) in [5.41, 5.74) is 1.71. The number of nitrogens with one attached hydrogen (secondary N) is 1. The van der Waals surface area contributed by atoms with E-state index >= 15 is 0 Å². The second kappa shape index (κ2) is 7.10. The smallest absolute Gasteiger partial charge is 0.287 e. The number of likely N-dealkylation sites (tertiary alicyclic amines) is 1. The zero-order chi connectivity index (χ0) is 19.0. The first kappa shape index (κ1) is 17.6. The number of carbonyl (C=O) groups excluding carboxylic acids is 3. The lowest BCUT2D eigenvalue weighted by Gasteiger charge is -2.16. The fourth-order valence-electron chi connectivity index (χ4n) is 3.72. The highest BCUT2D eigenvalue weighted by molar-refractivity contribution is 6.37. The van der Waals surface area contributed by atoms with Gasteiger partial charge < -0.3 is 10.2 Å². The summed E-state index contributed by atoms with van der Waals surface area (Å²) in [6.45, 7) is 2.18. The Kier molecular flexibility index (Phi) is 4.64. The fourth-order valence-corrected chi connectivity index (χ4v) is 3.72. The van der Waals surface area contributed by atoms with Crippen molar-refractivity contribution in [3.8, 4) is 0 Å². The third-order valence-electron chi connectivity index (χ3n) is 5.39. The summed E-state index contributed by atoms with van der Waals surface area (Å²) < 4.78 is 0. The van der Waals surface area contributed by atoms with E-state index in [0.717, 1.165) is 24.1 Å². The van der Waals surface area contributed by atoms with E-state index < -0.39 is 23.5 Å². The van der Waals surface area contributed by atoms with Crippen molar-refractivity contribution < 1.29 is 14.4 Å². The van der Waals surface area contributed by atoms with Gasteiger partial charge >= 0.3 is 0 Å². The van der Waals surface area contributed by atoms with Crippen molar-refractivity contribution in [3.63, 3.8) is 0 Å². The van der Waals surface area contributed by atoms with Gasteiger partial charge in [0.25, 0.3) is 5.91 Å². The molecule has 1 unspecified atom stereocenters. The van der Waals surface area contributed by atoms with Gasteiger partial charge in [-0.05, 0) is 37.8 Å². The summed E-state index contributed by atoms with van der Waals surface area (Å²) >= 11 is 0. The van der Waals surface area contributed by atoms with Crippen LogP contribution in [0.15, 0.2) is 47.1 Å². The van der Waals surface area contributed by atoms with Gasteiger partial charge in [-0.2, -0.15) is 0 Å². The molecule has 3 aliphatic rings. The maximum absolute atomic E-state index is 13.1. The summed E-state index contributed by atoms with van der Waals surface area (Å²) in [4.78, 5) is 44.2. The van der Waals surface area contributed by atoms with Crippen molar-refractivity contribution in [1.82, 2.24) is 10.2 Å². The topological polar surface area (TPSA) is 78.8 Å². The van der Waals surface area contributed by atoms with Crippen molar-refractivity contribution in [2.45, 2.75) is 38.3 Å². The standard InChI is InChI=1S/C21H23N3O3/c1-13-9-16(11-22-13)24-12-18(19(25)20(26)23-15-7-8-15)17(21(24)27)10-14-5-3-2-4-6-14/h2-6,9,11,13,15,17-18H,7-8,10,12H2,1H3,(H,23,26)/t13?,17-,18+/m1/s1. The average Bonchev–Trinajstić information content (AvgIpc) is 3.29. The molecule has 1 N–H and O–H groups in total. The number of allylic oxidation sites excluding steroid dienone is 1. The predicted molar refractivity (Wildman–Crippen MR) is 101 cm³/mol. The summed E-state index contributed by atoms with van der Waals surface area (Å²) in [5.74, 6) is -2.32. The molecule has 1 aromatic rings. The van der Waals surface area contributed by atoms with Crippen LogP contribution in [0.25, 0.3) is 0 Å². The van der Waals surface area contributed by atoms with Crippen molar-refractivity contribution in [3.05, 3.63) is 47.7 Å². The highest BCUT2D eigenvalue weighted by Crippen LogP contribution is 2.32. The normalized spacial score (nSPS) is 27.0. The number of benzene rings is 1. The first-order chi connectivity index (χ1) is 13.0. The average molecular weight is 365 g/mol. The minimum Gasteiger partial charge on any atom is -0.347 e. The van der Waals surface area contributed by atoms with Crippen molar-refractivity contribution in [2.75, 3.05) is 6.54 Å². The molecule has 1 aromatic carbocycles. The third kappa shape index (κ3) is 3.70. The largest absolute Gasteiger partial charge is 0.347 e. The zero-order valence-corrected chi connectivity index (χ0v) is 15.3. The third-order valence-corrected chi connectivity index (χ3v) is 5.39. The molecule has 1 saturated carbocycles. The molecular formula is C21H23N3O3. The van der Waals surface area contributed by atoms with Gasteiger partial charge in [0, 0.05) is 18.8 Å². The fraction of sp³-hybridized carbons (Fsp3) is 0.429. The Morgan fingerprint density at radius 3 is 2.59 bits per heavy atom. The van der Waals surface area contributed by atoms with Crippen molar-refractivity contribution in [2.24, 2.45) is 16.8 Å². The Labute approximate surface area is 158 Å². The summed E-state index contributed by atoms with van der Waals surface area (Å²) in [7, 11) is 0. The molecule has 140 valence electrons. The Hall–Kier alpha value is -2.76. The van der Waals surface area contributed by atoms with Crippen LogP contribution in [0.2, 0.25) is 0 Å². The van der Waals surface area contributed by atoms with Crippen LogP contribution in [0.5, 0.6) is 0 Å². The highest BCUT2D eigenvalue weighted by atomic mass is 16.2. The number of nitrogens with zero attached hydrogens (tertiary/aromatic N) is 2. The van der Waals surface area contributed by atoms with Crippen LogP contribution >= 0.6 is 0 Å². The van der Waals surface area contributed by atoms with Crippen molar-refractivity contribution >= 4 is 23.8 Å². The SMILES string of the molecule is CC1C=C(N2C[C@H](C(=O)C(=O)NC3CC3)[C@@H](Cc3ccccc3)C2=O)C=N1. The zero-order valence-electron chi connectivity index (χ0n) is 15.3. The molecule has 0 radical (unpaired) electrons. The van der Waals surface area contributed by atoms with Gasteiger partial charge in [0.1, 0.15) is 0 Å². The number of rotatable bonds is 6. The van der Waals surface area contributed by atoms with Gasteiger partial charge in [0.2, 0.25) is 11.7 Å². The van der Waals surface area contributed by atoms with E-state index in [1.807, 2.05) is 43.3 Å². The summed E-state index contributed by atoms with van der Waals surface area (Å²) in [6, 6.07) is 9.77. The first-order valence-corrected chi connectivity index (χ1v) is 9.48. The summed E-state index contributed by atoms with van der Waals surface area (Å²) in [6.07, 6.45) is 5.88. The molecule has 1 saturated heterocycles. The lowest BCUT2D eigenvalue weighted by atomic mass is 9.86. The second-order valence-electron chi connectivity index (χ2n) is 7.57. The number of ketones is 1. The number of Topliss-reactive ketones (excluding diaryl/α,β-unsaturated/α-hetero) is 1. The molecule has 2 amide bonds. The van der Waals surface area contributed by atoms with E-state index in [0.29, 0.717) is 6.42 Å². The maximum atomic E-state index is 13.1. The molecular weight excluding hydrogens is 342 g/mol. The van der Waals surface area contributed by atoms with Crippen LogP contribution in [0.1, 0.15) is 25.3 Å². The predicted octanol–water partition coefficient (Wildman–Crippen LogP) is 1.51. The molecule has 3 atom stereocenters. The Morgan fingerprint density at radius 1 is 1.22 bits per heavy atom. The number of aliphatic imine (C=N–C) groups is 1. The molecule has 4 rings (SSSR count). The van der Waals surface area contributed by atoms with Gasteiger partial charge in [0.05, 0.1) is 23.6 Å². The lowest BCUT2D eigenvalue weighted by molar-refractivity contribution is -0.141. The number of hydrogen-bond donors (Lipinski definition) is 1. The summed E-state index contributed by atoms with van der Waals surface area (Å²) in [5, 5.41) is 2.76. The first-order valence-electron chi connectivity index (χ1n) is 9.48. The molecule has 6 heteroatoms. The molecule has 6 nitrogen and oxygen atoms in total. The second-order valence-corrected chi connectivity index (χ2v) is 7.57. The van der Waals surface area contributed by atoms with Gasteiger partial charge in [-0.25, -0.2) is 0 Å². The van der Waals surface area contributed by atoms with Gasteiger partial charge in [-0.1, -0.05) is 30.3 Å². The van der Waals surface area contributed by atoms with E-state index in [2.05, 4.69) is 10.3 Å². The van der Waals surface area contributed by atoms with Crippen LogP contribution in [-0.4, -0.2) is 47.3 Å². The number of carbonyl (C=O) groups is 3. The Balaban J connectivity index is 1.58. The van der Waals surface area contributed by atoms with E-state index in [9.17, 15) is 14.4 Å².